The van der Waals surface area contributed by atoms with Gasteiger partial charge in [0.05, 0.1) is 17.7 Å². The lowest BCUT2D eigenvalue weighted by atomic mass is 10.1. The van der Waals surface area contributed by atoms with Crippen LogP contribution in [-0.2, 0) is 0 Å². The maximum absolute atomic E-state index is 11.9. The Bertz CT molecular complexity index is 505. The third-order valence-corrected chi connectivity index (χ3v) is 3.14. The quantitative estimate of drug-likeness (QED) is 0.780. The molecule has 0 spiro atoms. The highest BCUT2D eigenvalue weighted by Gasteiger charge is 2.12. The Balaban J connectivity index is 2.60. The van der Waals surface area contributed by atoms with Crippen molar-refractivity contribution >= 4 is 6.03 Å². The van der Waals surface area contributed by atoms with Crippen molar-refractivity contribution in [2.75, 3.05) is 0 Å². The zero-order chi connectivity index (χ0) is 15.0. The average molecular weight is 271 g/mol. The van der Waals surface area contributed by atoms with E-state index < -0.39 is 0 Å². The van der Waals surface area contributed by atoms with E-state index in [1.165, 1.54) is 0 Å². The predicted octanol–water partition coefficient (Wildman–Crippen LogP) is 3.27. The van der Waals surface area contributed by atoms with Crippen LogP contribution < -0.4 is 10.6 Å². The molecule has 0 aliphatic heterocycles. The molecule has 2 atom stereocenters. The number of nitriles is 1. The fraction of sp³-hybridized carbons (Fsp3) is 0.375. The minimum atomic E-state index is -0.200. The van der Waals surface area contributed by atoms with Gasteiger partial charge in [-0.3, -0.25) is 0 Å². The Hall–Kier alpha value is -2.28. The van der Waals surface area contributed by atoms with E-state index in [1.807, 2.05) is 26.0 Å². The van der Waals surface area contributed by atoms with E-state index >= 15 is 0 Å². The first-order chi connectivity index (χ1) is 9.60. The van der Waals surface area contributed by atoms with Crippen LogP contribution >= 0.6 is 0 Å². The summed E-state index contributed by atoms with van der Waals surface area (Å²) in [6.45, 7) is 7.60. The average Bonchev–Trinajstić information content (AvgIpc) is 2.46. The molecule has 20 heavy (non-hydrogen) atoms. The standard InChI is InChI=1S/C16H21N3O/c1-4-7-15(5-2)19-16(20)18-12(3)14-9-6-8-13(10-14)11-17/h4,6,8-10,12,15H,1,5,7H2,2-3H3,(H2,18,19,20)/t12-,15-/m1/s1. The number of hydrogen-bond acceptors (Lipinski definition) is 2. The zero-order valence-corrected chi connectivity index (χ0v) is 12.0. The monoisotopic (exact) mass is 271 g/mol. The van der Waals surface area contributed by atoms with Crippen molar-refractivity contribution < 1.29 is 4.79 Å². The van der Waals surface area contributed by atoms with Gasteiger partial charge in [0.15, 0.2) is 0 Å². The van der Waals surface area contributed by atoms with Gasteiger partial charge in [-0.15, -0.1) is 6.58 Å². The summed E-state index contributed by atoms with van der Waals surface area (Å²) in [6, 6.07) is 9.09. The van der Waals surface area contributed by atoms with Crippen LogP contribution in [0.3, 0.4) is 0 Å². The Morgan fingerprint density at radius 2 is 2.25 bits per heavy atom. The number of nitrogens with zero attached hydrogens (tertiary/aromatic N) is 1. The van der Waals surface area contributed by atoms with Gasteiger partial charge < -0.3 is 10.6 Å². The van der Waals surface area contributed by atoms with Crippen LogP contribution in [0.25, 0.3) is 0 Å². The molecule has 1 aromatic rings. The molecule has 0 aromatic heterocycles. The second-order valence-corrected chi connectivity index (χ2v) is 4.71. The number of carbonyl (C=O) groups is 1. The number of benzene rings is 1. The molecule has 0 unspecified atom stereocenters. The summed E-state index contributed by atoms with van der Waals surface area (Å²) in [5, 5.41) is 14.7. The summed E-state index contributed by atoms with van der Waals surface area (Å²) in [5.41, 5.74) is 1.51. The first-order valence-electron chi connectivity index (χ1n) is 6.78. The maximum Gasteiger partial charge on any atom is 0.315 e. The number of carbonyl (C=O) groups excluding carboxylic acids is 1. The van der Waals surface area contributed by atoms with E-state index in [9.17, 15) is 4.79 Å². The Morgan fingerprint density at radius 1 is 1.50 bits per heavy atom. The Labute approximate surface area is 120 Å². The lowest BCUT2D eigenvalue weighted by Gasteiger charge is -2.19. The normalized spacial score (nSPS) is 12.8. The van der Waals surface area contributed by atoms with Crippen LogP contribution in [-0.4, -0.2) is 12.1 Å². The van der Waals surface area contributed by atoms with Crippen molar-refractivity contribution in [3.05, 3.63) is 48.0 Å². The molecule has 0 radical (unpaired) electrons. The molecule has 0 saturated carbocycles. The molecule has 2 amide bonds. The van der Waals surface area contributed by atoms with Crippen LogP contribution in [0.2, 0.25) is 0 Å². The summed E-state index contributed by atoms with van der Waals surface area (Å²) >= 11 is 0. The second-order valence-electron chi connectivity index (χ2n) is 4.71. The number of amides is 2. The summed E-state index contributed by atoms with van der Waals surface area (Å²) in [5.74, 6) is 0. The Morgan fingerprint density at radius 3 is 2.85 bits per heavy atom. The number of rotatable bonds is 6. The van der Waals surface area contributed by atoms with Gasteiger partial charge >= 0.3 is 6.03 Å². The van der Waals surface area contributed by atoms with Gasteiger partial charge in [0, 0.05) is 6.04 Å². The highest BCUT2D eigenvalue weighted by Crippen LogP contribution is 2.13. The van der Waals surface area contributed by atoms with Crippen molar-refractivity contribution in [2.24, 2.45) is 0 Å². The fourth-order valence-electron chi connectivity index (χ4n) is 1.91. The molecule has 0 fully saturated rings. The second kappa shape index (κ2) is 8.00. The first-order valence-corrected chi connectivity index (χ1v) is 6.78. The van der Waals surface area contributed by atoms with E-state index in [4.69, 9.17) is 5.26 Å². The van der Waals surface area contributed by atoms with Crippen LogP contribution in [0.5, 0.6) is 0 Å². The molecule has 1 aromatic carbocycles. The van der Waals surface area contributed by atoms with Gasteiger partial charge in [-0.2, -0.15) is 5.26 Å². The van der Waals surface area contributed by atoms with E-state index in [1.54, 1.807) is 18.2 Å². The van der Waals surface area contributed by atoms with Gasteiger partial charge in [0.25, 0.3) is 0 Å². The molecular formula is C16H21N3O. The van der Waals surface area contributed by atoms with Gasteiger partial charge in [-0.25, -0.2) is 4.79 Å². The molecule has 0 bridgehead atoms. The summed E-state index contributed by atoms with van der Waals surface area (Å²) in [4.78, 5) is 11.9. The largest absolute Gasteiger partial charge is 0.335 e. The van der Waals surface area contributed by atoms with Crippen LogP contribution in [0.1, 0.15) is 43.9 Å². The molecule has 4 heteroatoms. The Kier molecular flexibility index (Phi) is 6.31. The number of urea groups is 1. The highest BCUT2D eigenvalue weighted by molar-refractivity contribution is 5.74. The summed E-state index contributed by atoms with van der Waals surface area (Å²) in [6.07, 6.45) is 3.41. The van der Waals surface area contributed by atoms with Gasteiger partial charge in [-0.1, -0.05) is 25.1 Å². The summed E-state index contributed by atoms with van der Waals surface area (Å²) < 4.78 is 0. The molecule has 4 nitrogen and oxygen atoms in total. The van der Waals surface area contributed by atoms with E-state index in [2.05, 4.69) is 23.3 Å². The molecule has 0 saturated heterocycles. The van der Waals surface area contributed by atoms with E-state index in [-0.39, 0.29) is 18.1 Å². The molecule has 0 aliphatic carbocycles. The van der Waals surface area contributed by atoms with Crippen LogP contribution in [0, 0.1) is 11.3 Å². The smallest absolute Gasteiger partial charge is 0.315 e. The minimum Gasteiger partial charge on any atom is -0.335 e. The van der Waals surface area contributed by atoms with Gasteiger partial charge in [0.2, 0.25) is 0 Å². The topological polar surface area (TPSA) is 64.9 Å². The molecule has 0 aliphatic rings. The molecule has 0 heterocycles. The maximum atomic E-state index is 11.9. The van der Waals surface area contributed by atoms with Crippen molar-refractivity contribution in [1.82, 2.24) is 10.6 Å². The SMILES string of the molecule is C=CC[C@@H](CC)NC(=O)N[C@H](C)c1cccc(C#N)c1. The van der Waals surface area contributed by atoms with Crippen molar-refractivity contribution in [2.45, 2.75) is 38.8 Å². The third kappa shape index (κ3) is 4.77. The minimum absolute atomic E-state index is 0.102. The van der Waals surface area contributed by atoms with Crippen LogP contribution in [0.15, 0.2) is 36.9 Å². The van der Waals surface area contributed by atoms with E-state index in [0.29, 0.717) is 5.56 Å². The van der Waals surface area contributed by atoms with E-state index in [0.717, 1.165) is 18.4 Å². The molecule has 106 valence electrons. The van der Waals surface area contributed by atoms with Crippen molar-refractivity contribution in [1.29, 1.82) is 5.26 Å². The number of hydrogen-bond donors (Lipinski definition) is 2. The van der Waals surface area contributed by atoms with Crippen molar-refractivity contribution in [3.8, 4) is 6.07 Å². The molecule has 1 rings (SSSR count). The lowest BCUT2D eigenvalue weighted by molar-refractivity contribution is 0.233. The van der Waals surface area contributed by atoms with Gasteiger partial charge in [0.1, 0.15) is 0 Å². The molecule has 2 N–H and O–H groups in total. The predicted molar refractivity (Wildman–Crippen MR) is 80.1 cm³/mol. The molecular weight excluding hydrogens is 250 g/mol. The third-order valence-electron chi connectivity index (χ3n) is 3.14. The van der Waals surface area contributed by atoms with Crippen molar-refractivity contribution in [3.63, 3.8) is 0 Å². The van der Waals surface area contributed by atoms with Crippen LogP contribution in [0.4, 0.5) is 4.79 Å². The highest BCUT2D eigenvalue weighted by atomic mass is 16.2. The van der Waals surface area contributed by atoms with Gasteiger partial charge in [-0.05, 0) is 37.5 Å². The first kappa shape index (κ1) is 15.8. The zero-order valence-electron chi connectivity index (χ0n) is 12.0. The summed E-state index contributed by atoms with van der Waals surface area (Å²) in [7, 11) is 0. The number of nitrogens with one attached hydrogen (secondary N) is 2. The lowest BCUT2D eigenvalue weighted by Crippen LogP contribution is -2.42. The fourth-order valence-corrected chi connectivity index (χ4v) is 1.91.